The molecule has 1 amide bonds. The predicted molar refractivity (Wildman–Crippen MR) is 95.9 cm³/mol. The van der Waals surface area contributed by atoms with Crippen molar-refractivity contribution in [2.45, 2.75) is 62.4 Å². The predicted octanol–water partition coefficient (Wildman–Crippen LogP) is 2.46. The van der Waals surface area contributed by atoms with Crippen LogP contribution in [0.15, 0.2) is 30.3 Å². The van der Waals surface area contributed by atoms with Crippen molar-refractivity contribution in [3.8, 4) is 0 Å². The molecule has 2 fully saturated rings. The molecule has 0 bridgehead atoms. The maximum absolute atomic E-state index is 12.2. The van der Waals surface area contributed by atoms with Gasteiger partial charge in [0.1, 0.15) is 0 Å². The van der Waals surface area contributed by atoms with Crippen molar-refractivity contribution in [2.24, 2.45) is 0 Å². The first-order chi connectivity index (χ1) is 11.6. The average molecular weight is 330 g/mol. The number of benzene rings is 1. The van der Waals surface area contributed by atoms with E-state index in [-0.39, 0.29) is 24.0 Å². The molecule has 1 atom stereocenters. The van der Waals surface area contributed by atoms with Crippen molar-refractivity contribution in [1.82, 2.24) is 10.2 Å². The number of rotatable bonds is 6. The van der Waals surface area contributed by atoms with Gasteiger partial charge < -0.3 is 15.3 Å². The number of hydrogen-bond acceptors (Lipinski definition) is 3. The Labute approximate surface area is 145 Å². The van der Waals surface area contributed by atoms with Gasteiger partial charge in [-0.2, -0.15) is 0 Å². The summed E-state index contributed by atoms with van der Waals surface area (Å²) in [4.78, 5) is 14.6. The van der Waals surface area contributed by atoms with E-state index in [0.29, 0.717) is 12.5 Å². The van der Waals surface area contributed by atoms with E-state index in [9.17, 15) is 9.90 Å². The van der Waals surface area contributed by atoms with Gasteiger partial charge in [0.2, 0.25) is 5.91 Å². The topological polar surface area (TPSA) is 52.6 Å². The van der Waals surface area contributed by atoms with Crippen LogP contribution in [0.4, 0.5) is 0 Å². The molecule has 0 aromatic heterocycles. The molecular weight excluding hydrogens is 300 g/mol. The largest absolute Gasteiger partial charge is 0.395 e. The maximum atomic E-state index is 12.2. The minimum atomic E-state index is -0.164. The fourth-order valence-corrected chi connectivity index (χ4v) is 4.34. The third kappa shape index (κ3) is 3.81. The molecule has 3 rings (SSSR count). The smallest absolute Gasteiger partial charge is 0.220 e. The van der Waals surface area contributed by atoms with Crippen molar-refractivity contribution in [1.29, 1.82) is 0 Å². The molecule has 4 heteroatoms. The van der Waals surface area contributed by atoms with Crippen LogP contribution in [0.2, 0.25) is 0 Å². The fourth-order valence-electron chi connectivity index (χ4n) is 4.34. The van der Waals surface area contributed by atoms with Crippen LogP contribution in [0, 0.1) is 0 Å². The molecule has 2 N–H and O–H groups in total. The highest BCUT2D eigenvalue weighted by molar-refractivity contribution is 5.76. The Balaban J connectivity index is 1.44. The second-order valence-corrected chi connectivity index (χ2v) is 7.65. The van der Waals surface area contributed by atoms with Crippen LogP contribution in [0.1, 0.15) is 50.5 Å². The van der Waals surface area contributed by atoms with Gasteiger partial charge in [0.25, 0.3) is 0 Å². The normalized spacial score (nSPS) is 30.6. The molecule has 132 valence electrons. The number of carbonyl (C=O) groups excluding carboxylic acids is 1. The molecule has 1 aromatic rings. The number of aliphatic hydroxyl groups excluding tert-OH is 1. The molecule has 0 spiro atoms. The van der Waals surface area contributed by atoms with Gasteiger partial charge in [0.15, 0.2) is 0 Å². The monoisotopic (exact) mass is 330 g/mol. The molecule has 1 aliphatic heterocycles. The summed E-state index contributed by atoms with van der Waals surface area (Å²) in [6.07, 6.45) is 7.03. The van der Waals surface area contributed by atoms with Crippen molar-refractivity contribution < 1.29 is 9.90 Å². The van der Waals surface area contributed by atoms with Crippen LogP contribution in [-0.4, -0.2) is 48.2 Å². The number of amides is 1. The van der Waals surface area contributed by atoms with E-state index in [4.69, 9.17) is 0 Å². The first-order valence-electron chi connectivity index (χ1n) is 9.29. The SMILES string of the molecule is CN1CCCCC1CCC(=O)NC1CC(CO)(c2ccccc2)C1. The molecule has 1 unspecified atom stereocenters. The lowest BCUT2D eigenvalue weighted by Gasteiger charge is -2.47. The van der Waals surface area contributed by atoms with Gasteiger partial charge in [0.05, 0.1) is 6.61 Å². The lowest BCUT2D eigenvalue weighted by atomic mass is 9.62. The third-order valence-corrected chi connectivity index (χ3v) is 5.95. The van der Waals surface area contributed by atoms with Gasteiger partial charge in [-0.1, -0.05) is 36.8 Å². The molecule has 2 aliphatic rings. The minimum Gasteiger partial charge on any atom is -0.395 e. The Hall–Kier alpha value is -1.39. The van der Waals surface area contributed by atoms with E-state index in [1.807, 2.05) is 18.2 Å². The van der Waals surface area contributed by atoms with Crippen molar-refractivity contribution in [3.05, 3.63) is 35.9 Å². The summed E-state index contributed by atoms with van der Waals surface area (Å²) in [6.45, 7) is 1.31. The van der Waals surface area contributed by atoms with E-state index in [1.165, 1.54) is 24.8 Å². The zero-order valence-electron chi connectivity index (χ0n) is 14.7. The van der Waals surface area contributed by atoms with Crippen LogP contribution in [0.3, 0.4) is 0 Å². The Bertz CT molecular complexity index is 540. The molecule has 1 saturated carbocycles. The molecule has 1 aromatic carbocycles. The summed E-state index contributed by atoms with van der Waals surface area (Å²) in [6, 6.07) is 10.9. The number of carbonyl (C=O) groups is 1. The second kappa shape index (κ2) is 7.66. The molecule has 1 saturated heterocycles. The number of nitrogens with zero attached hydrogens (tertiary/aromatic N) is 1. The summed E-state index contributed by atoms with van der Waals surface area (Å²) < 4.78 is 0. The van der Waals surface area contributed by atoms with E-state index in [1.54, 1.807) is 0 Å². The van der Waals surface area contributed by atoms with Gasteiger partial charge in [-0.15, -0.1) is 0 Å². The Morgan fingerprint density at radius 2 is 2.04 bits per heavy atom. The van der Waals surface area contributed by atoms with E-state index >= 15 is 0 Å². The summed E-state index contributed by atoms with van der Waals surface area (Å²) in [7, 11) is 2.17. The zero-order valence-corrected chi connectivity index (χ0v) is 14.7. The van der Waals surface area contributed by atoms with Crippen LogP contribution in [-0.2, 0) is 10.2 Å². The molecule has 1 heterocycles. The zero-order chi connectivity index (χ0) is 17.0. The molecular formula is C20H30N2O2. The van der Waals surface area contributed by atoms with Crippen molar-refractivity contribution in [2.75, 3.05) is 20.2 Å². The number of nitrogens with one attached hydrogen (secondary N) is 1. The highest BCUT2D eigenvalue weighted by Gasteiger charge is 2.45. The first kappa shape index (κ1) is 17.4. The third-order valence-electron chi connectivity index (χ3n) is 5.95. The Morgan fingerprint density at radius 3 is 2.71 bits per heavy atom. The Morgan fingerprint density at radius 1 is 1.29 bits per heavy atom. The summed E-state index contributed by atoms with van der Waals surface area (Å²) in [5.41, 5.74) is 1.02. The highest BCUT2D eigenvalue weighted by Crippen LogP contribution is 2.43. The van der Waals surface area contributed by atoms with Gasteiger partial charge in [-0.05, 0) is 51.3 Å². The van der Waals surface area contributed by atoms with Gasteiger partial charge in [-0.25, -0.2) is 0 Å². The minimum absolute atomic E-state index is 0.149. The first-order valence-corrected chi connectivity index (χ1v) is 9.29. The lowest BCUT2D eigenvalue weighted by molar-refractivity contribution is -0.123. The summed E-state index contributed by atoms with van der Waals surface area (Å²) in [5, 5.41) is 13.0. The van der Waals surface area contributed by atoms with Gasteiger partial charge >= 0.3 is 0 Å². The number of likely N-dealkylation sites (tertiary alicyclic amines) is 1. The lowest BCUT2D eigenvalue weighted by Crippen LogP contribution is -2.55. The number of piperidine rings is 1. The molecule has 0 radical (unpaired) electrons. The quantitative estimate of drug-likeness (QED) is 0.842. The van der Waals surface area contributed by atoms with Gasteiger partial charge in [0, 0.05) is 23.9 Å². The standard InChI is InChI=1S/C20H30N2O2/c1-22-12-6-5-9-18(22)10-11-19(24)21-17-13-20(14-17,15-23)16-7-3-2-4-8-16/h2-4,7-8,17-18,23H,5-6,9-15H2,1H3,(H,21,24). The summed E-state index contributed by atoms with van der Waals surface area (Å²) in [5.74, 6) is 0.165. The molecule has 4 nitrogen and oxygen atoms in total. The van der Waals surface area contributed by atoms with Crippen LogP contribution in [0.5, 0.6) is 0 Å². The molecule has 24 heavy (non-hydrogen) atoms. The van der Waals surface area contributed by atoms with E-state index in [2.05, 4.69) is 29.4 Å². The summed E-state index contributed by atoms with van der Waals surface area (Å²) >= 11 is 0. The molecule has 1 aliphatic carbocycles. The van der Waals surface area contributed by atoms with Crippen LogP contribution in [0.25, 0.3) is 0 Å². The number of hydrogen-bond donors (Lipinski definition) is 2. The van der Waals surface area contributed by atoms with Crippen molar-refractivity contribution in [3.63, 3.8) is 0 Å². The second-order valence-electron chi connectivity index (χ2n) is 7.65. The van der Waals surface area contributed by atoms with E-state index in [0.717, 1.165) is 25.8 Å². The van der Waals surface area contributed by atoms with E-state index < -0.39 is 0 Å². The average Bonchev–Trinajstić information content (AvgIpc) is 2.58. The fraction of sp³-hybridized carbons (Fsp3) is 0.650. The highest BCUT2D eigenvalue weighted by atomic mass is 16.3. The van der Waals surface area contributed by atoms with Crippen LogP contribution < -0.4 is 5.32 Å². The van der Waals surface area contributed by atoms with Crippen LogP contribution >= 0.6 is 0 Å². The number of aliphatic hydroxyl groups is 1. The maximum Gasteiger partial charge on any atom is 0.220 e. The van der Waals surface area contributed by atoms with Gasteiger partial charge in [-0.3, -0.25) is 4.79 Å². The van der Waals surface area contributed by atoms with Crippen molar-refractivity contribution >= 4 is 5.91 Å². The Kier molecular flexibility index (Phi) is 5.57.